The molecule has 0 amide bonds. The molecular formula is C10H8FeO3. The molecule has 4 heteroatoms. The molecule has 0 aliphatic heterocycles. The van der Waals surface area contributed by atoms with Crippen molar-refractivity contribution in [1.82, 2.24) is 0 Å². The molecule has 0 saturated heterocycles. The van der Waals surface area contributed by atoms with Gasteiger partial charge in [-0.3, -0.25) is 14.4 Å². The molecule has 6 radical (unpaired) electrons. The van der Waals surface area contributed by atoms with Crippen LogP contribution in [0.4, 0.5) is 0 Å². The minimum atomic E-state index is 0. The van der Waals surface area contributed by atoms with Gasteiger partial charge in [0.25, 0.3) is 20.4 Å². The zero-order valence-corrected chi connectivity index (χ0v) is 8.35. The van der Waals surface area contributed by atoms with Crippen LogP contribution in [0.5, 0.6) is 0 Å². The molecule has 0 aromatic carbocycles. The second-order valence-corrected chi connectivity index (χ2v) is 2.33. The summed E-state index contributed by atoms with van der Waals surface area (Å²) in [5.41, 5.74) is 0. The van der Waals surface area contributed by atoms with Gasteiger partial charge in [0.2, 0.25) is 0 Å². The second kappa shape index (κ2) is 14.5. The smallest absolute Gasteiger partial charge is 0.281 e. The number of carbonyl (C=O) groups excluding carboxylic acids is 3. The van der Waals surface area contributed by atoms with Crippen molar-refractivity contribution in [3.05, 3.63) is 24.3 Å². The van der Waals surface area contributed by atoms with Crippen LogP contribution in [0.15, 0.2) is 24.3 Å². The Kier molecular flexibility index (Phi) is 19.4. The first kappa shape index (κ1) is 18.7. The molecule has 0 aromatic rings. The standard InChI is InChI=1S/C7H8.3CO.Fe/c1-2-7-4-3-6(1)5-7;3*1-2;/h1-4,6-7H,5H2;;;;. The van der Waals surface area contributed by atoms with E-state index in [1.807, 2.05) is 0 Å². The van der Waals surface area contributed by atoms with Crippen molar-refractivity contribution < 1.29 is 31.5 Å². The molecule has 0 heterocycles. The van der Waals surface area contributed by atoms with Gasteiger partial charge in [0.15, 0.2) is 0 Å². The quantitative estimate of drug-likeness (QED) is 0.452. The van der Waals surface area contributed by atoms with Crippen molar-refractivity contribution in [3.8, 4) is 0 Å². The van der Waals surface area contributed by atoms with Crippen LogP contribution in [0.2, 0.25) is 0 Å². The topological polar surface area (TPSA) is 51.2 Å². The van der Waals surface area contributed by atoms with E-state index in [1.165, 1.54) is 6.42 Å². The fourth-order valence-corrected chi connectivity index (χ4v) is 1.33. The second-order valence-electron chi connectivity index (χ2n) is 2.33. The minimum Gasteiger partial charge on any atom is -0.281 e. The van der Waals surface area contributed by atoms with Gasteiger partial charge in [0.1, 0.15) is 0 Å². The van der Waals surface area contributed by atoms with Gasteiger partial charge in [0.05, 0.1) is 0 Å². The predicted octanol–water partition coefficient (Wildman–Crippen LogP) is 0.555. The fourth-order valence-electron chi connectivity index (χ4n) is 1.33. The molecule has 0 fully saturated rings. The van der Waals surface area contributed by atoms with E-state index in [0.29, 0.717) is 0 Å². The summed E-state index contributed by atoms with van der Waals surface area (Å²) in [5, 5.41) is 0. The summed E-state index contributed by atoms with van der Waals surface area (Å²) >= 11 is 0. The van der Waals surface area contributed by atoms with E-state index < -0.39 is 0 Å². The molecule has 0 N–H and O–H groups in total. The normalized spacial score (nSPS) is 22.6. The molecule has 2 aliphatic carbocycles. The molecule has 0 atom stereocenters. The zero-order valence-electron chi connectivity index (χ0n) is 7.25. The summed E-state index contributed by atoms with van der Waals surface area (Å²) in [6.07, 6.45) is 10.5. The van der Waals surface area contributed by atoms with Crippen molar-refractivity contribution in [1.29, 1.82) is 0 Å². The van der Waals surface area contributed by atoms with Crippen molar-refractivity contribution in [3.63, 3.8) is 0 Å². The largest absolute Gasteiger partial charge is 0.281 e. The Morgan fingerprint density at radius 1 is 0.714 bits per heavy atom. The Morgan fingerprint density at radius 2 is 0.929 bits per heavy atom. The van der Waals surface area contributed by atoms with Gasteiger partial charge in [0, 0.05) is 17.1 Å². The third kappa shape index (κ3) is 6.52. The summed E-state index contributed by atoms with van der Waals surface area (Å²) < 4.78 is 0. The van der Waals surface area contributed by atoms with Crippen LogP contribution >= 0.6 is 0 Å². The van der Waals surface area contributed by atoms with E-state index >= 15 is 0 Å². The van der Waals surface area contributed by atoms with Crippen LogP contribution in [-0.2, 0) is 31.5 Å². The van der Waals surface area contributed by atoms with Crippen molar-refractivity contribution in [2.45, 2.75) is 6.42 Å². The van der Waals surface area contributed by atoms with Crippen molar-refractivity contribution in [2.75, 3.05) is 0 Å². The third-order valence-electron chi connectivity index (χ3n) is 1.76. The molecule has 2 bridgehead atoms. The number of allylic oxidation sites excluding steroid dienone is 4. The van der Waals surface area contributed by atoms with E-state index in [2.05, 4.69) is 44.7 Å². The van der Waals surface area contributed by atoms with E-state index in [9.17, 15) is 0 Å². The van der Waals surface area contributed by atoms with E-state index in [0.717, 1.165) is 11.8 Å². The van der Waals surface area contributed by atoms with Gasteiger partial charge in [-0.1, -0.05) is 24.3 Å². The fraction of sp³-hybridized carbons (Fsp3) is 0.300. The van der Waals surface area contributed by atoms with Crippen LogP contribution in [-0.4, -0.2) is 20.4 Å². The Bertz CT molecular complexity index is 147. The molecule has 2 rings (SSSR count). The van der Waals surface area contributed by atoms with E-state index in [-0.39, 0.29) is 17.1 Å². The molecule has 2 aliphatic rings. The van der Waals surface area contributed by atoms with Crippen LogP contribution in [0.1, 0.15) is 6.42 Å². The van der Waals surface area contributed by atoms with Crippen LogP contribution in [0.25, 0.3) is 0 Å². The van der Waals surface area contributed by atoms with Gasteiger partial charge in [-0.2, -0.15) is 0 Å². The zero-order chi connectivity index (χ0) is 10.7. The average molecular weight is 232 g/mol. The van der Waals surface area contributed by atoms with Crippen LogP contribution in [0.3, 0.4) is 0 Å². The van der Waals surface area contributed by atoms with Crippen molar-refractivity contribution in [2.24, 2.45) is 11.8 Å². The SMILES string of the molecule is C1=CC2C=CC1C2.[C]=O.[C]=O.[C]=O.[Fe]. The Labute approximate surface area is 94.7 Å². The molecule has 0 aromatic heterocycles. The molecule has 0 spiro atoms. The van der Waals surface area contributed by atoms with Gasteiger partial charge in [-0.25, -0.2) is 0 Å². The third-order valence-corrected chi connectivity index (χ3v) is 1.76. The van der Waals surface area contributed by atoms with Crippen molar-refractivity contribution >= 4 is 20.4 Å². The first-order valence-electron chi connectivity index (χ1n) is 3.43. The maximum Gasteiger partial charge on any atom is 0.281 e. The molecule has 74 valence electrons. The number of rotatable bonds is 0. The Hall–Kier alpha value is -0.991. The number of hydrogen-bond acceptors (Lipinski definition) is 3. The average Bonchev–Trinajstić information content (AvgIpc) is 2.90. The van der Waals surface area contributed by atoms with Gasteiger partial charge < -0.3 is 0 Å². The summed E-state index contributed by atoms with van der Waals surface area (Å²) in [4.78, 5) is 22.5. The first-order chi connectivity index (χ1) is 6.45. The Balaban J connectivity index is -0.000000153. The Morgan fingerprint density at radius 3 is 1.00 bits per heavy atom. The maximum absolute atomic E-state index is 7.50. The molecule has 3 nitrogen and oxygen atoms in total. The minimum absolute atomic E-state index is 0. The molecule has 0 saturated carbocycles. The molecule has 14 heavy (non-hydrogen) atoms. The summed E-state index contributed by atoms with van der Waals surface area (Å²) in [6, 6.07) is 0. The van der Waals surface area contributed by atoms with Gasteiger partial charge in [-0.15, -0.1) is 0 Å². The predicted molar refractivity (Wildman–Crippen MR) is 47.0 cm³/mol. The van der Waals surface area contributed by atoms with E-state index in [4.69, 9.17) is 14.4 Å². The maximum atomic E-state index is 7.50. The van der Waals surface area contributed by atoms with Gasteiger partial charge >= 0.3 is 0 Å². The van der Waals surface area contributed by atoms with Crippen LogP contribution in [0, 0.1) is 11.8 Å². The van der Waals surface area contributed by atoms with Crippen LogP contribution < -0.4 is 0 Å². The monoisotopic (exact) mass is 232 g/mol. The summed E-state index contributed by atoms with van der Waals surface area (Å²) in [6.45, 7) is 13.5. The summed E-state index contributed by atoms with van der Waals surface area (Å²) in [5.74, 6) is 1.62. The van der Waals surface area contributed by atoms with Gasteiger partial charge in [-0.05, 0) is 18.3 Å². The molecular weight excluding hydrogens is 224 g/mol. The number of fused-ring (bicyclic) bond motifs is 2. The number of hydrogen-bond donors (Lipinski definition) is 0. The summed E-state index contributed by atoms with van der Waals surface area (Å²) in [7, 11) is 0. The first-order valence-corrected chi connectivity index (χ1v) is 3.43. The van der Waals surface area contributed by atoms with E-state index in [1.54, 1.807) is 0 Å². The molecule has 0 unspecified atom stereocenters.